The van der Waals surface area contributed by atoms with Crippen LogP contribution in [0.25, 0.3) is 0 Å². The van der Waals surface area contributed by atoms with Crippen LogP contribution >= 0.6 is 23.5 Å². The van der Waals surface area contributed by atoms with E-state index < -0.39 is 4.92 Å². The quantitative estimate of drug-likeness (QED) is 0.432. The highest BCUT2D eigenvalue weighted by atomic mass is 32.2. The van der Waals surface area contributed by atoms with Gasteiger partial charge in [-0.1, -0.05) is 0 Å². The number of hydrogen-bond acceptors (Lipinski definition) is 6. The number of thioether (sulfide) groups is 2. The van der Waals surface area contributed by atoms with Gasteiger partial charge in [0, 0.05) is 23.7 Å². The fourth-order valence-electron chi connectivity index (χ4n) is 1.21. The molecular weight excluding hydrogens is 272 g/mol. The highest BCUT2D eigenvalue weighted by Crippen LogP contribution is 2.12. The molecule has 0 atom stereocenters. The smallest absolute Gasteiger partial charge is 0.263 e. The highest BCUT2D eigenvalue weighted by Gasteiger charge is 2.02. The summed E-state index contributed by atoms with van der Waals surface area (Å²) in [5, 5.41) is 13.9. The van der Waals surface area contributed by atoms with Crippen molar-refractivity contribution >= 4 is 23.5 Å². The summed E-state index contributed by atoms with van der Waals surface area (Å²) in [7, 11) is 0. The van der Waals surface area contributed by atoms with Crippen LogP contribution < -0.4 is 5.32 Å². The average Bonchev–Trinajstić information content (AvgIpc) is 2.72. The maximum absolute atomic E-state index is 10.3. The van der Waals surface area contributed by atoms with Gasteiger partial charge in [0.1, 0.15) is 5.03 Å². The van der Waals surface area contributed by atoms with E-state index >= 15 is 0 Å². The molecule has 6 nitrogen and oxygen atoms in total. The van der Waals surface area contributed by atoms with Crippen LogP contribution in [0, 0.1) is 17.0 Å². The summed E-state index contributed by atoms with van der Waals surface area (Å²) in [5.41, 5.74) is 2.15. The number of nitrogens with one attached hydrogen (secondary N) is 2. The molecule has 0 aliphatic heterocycles. The lowest BCUT2D eigenvalue weighted by molar-refractivity contribution is -0.403. The van der Waals surface area contributed by atoms with Gasteiger partial charge in [0.25, 0.3) is 6.20 Å². The fourth-order valence-corrected chi connectivity index (χ4v) is 2.53. The maximum Gasteiger partial charge on any atom is 0.263 e. The van der Waals surface area contributed by atoms with Crippen molar-refractivity contribution in [2.24, 2.45) is 0 Å². The lowest BCUT2D eigenvalue weighted by Gasteiger charge is -2.05. The molecule has 0 saturated carbocycles. The Morgan fingerprint density at radius 2 is 2.50 bits per heavy atom. The van der Waals surface area contributed by atoms with Crippen LogP contribution in [0.2, 0.25) is 0 Å². The average molecular weight is 288 g/mol. The third-order valence-electron chi connectivity index (χ3n) is 2.16. The van der Waals surface area contributed by atoms with Gasteiger partial charge in [-0.25, -0.2) is 4.98 Å². The summed E-state index contributed by atoms with van der Waals surface area (Å²) < 4.78 is 0. The van der Waals surface area contributed by atoms with Gasteiger partial charge in [-0.2, -0.15) is 11.8 Å². The Bertz CT molecular complexity index is 420. The number of aromatic amines is 1. The van der Waals surface area contributed by atoms with Gasteiger partial charge >= 0.3 is 0 Å². The molecule has 0 radical (unpaired) electrons. The number of rotatable bonds is 8. The van der Waals surface area contributed by atoms with Gasteiger partial charge in [0.2, 0.25) is 0 Å². The standard InChI is InChI=1S/C10H16N4O2S2/c1-8-9(13-7-12-8)6-18-4-3-11-10(17-2)5-14(15)16/h5,7,11H,3-4,6H2,1-2H3,(H,12,13). The van der Waals surface area contributed by atoms with E-state index in [1.165, 1.54) is 11.8 Å². The van der Waals surface area contributed by atoms with Gasteiger partial charge in [0.05, 0.1) is 16.9 Å². The monoisotopic (exact) mass is 288 g/mol. The van der Waals surface area contributed by atoms with Crippen LogP contribution in [0.5, 0.6) is 0 Å². The van der Waals surface area contributed by atoms with E-state index in [4.69, 9.17) is 0 Å². The maximum atomic E-state index is 10.3. The topological polar surface area (TPSA) is 83.8 Å². The minimum absolute atomic E-state index is 0.445. The molecule has 100 valence electrons. The Morgan fingerprint density at radius 1 is 1.72 bits per heavy atom. The summed E-state index contributed by atoms with van der Waals surface area (Å²) in [6.45, 7) is 2.70. The van der Waals surface area contributed by atoms with E-state index in [0.717, 1.165) is 29.1 Å². The van der Waals surface area contributed by atoms with Gasteiger partial charge < -0.3 is 10.3 Å². The van der Waals surface area contributed by atoms with Gasteiger partial charge in [0.15, 0.2) is 0 Å². The predicted molar refractivity (Wildman–Crippen MR) is 76.1 cm³/mol. The van der Waals surface area contributed by atoms with Crippen molar-refractivity contribution in [3.05, 3.63) is 39.1 Å². The van der Waals surface area contributed by atoms with E-state index in [1.54, 1.807) is 18.1 Å². The first-order chi connectivity index (χ1) is 8.63. The van der Waals surface area contributed by atoms with Crippen molar-refractivity contribution in [1.29, 1.82) is 0 Å². The lowest BCUT2D eigenvalue weighted by atomic mass is 10.4. The SMILES string of the molecule is CSC(=C[N+](=O)[O-])NCCSCc1nc[nH]c1C. The largest absolute Gasteiger partial charge is 0.374 e. The number of nitro groups is 1. The molecular formula is C10H16N4O2S2. The second kappa shape index (κ2) is 8.04. The summed E-state index contributed by atoms with van der Waals surface area (Å²) in [6.07, 6.45) is 4.49. The van der Waals surface area contributed by atoms with E-state index in [0.29, 0.717) is 11.6 Å². The van der Waals surface area contributed by atoms with E-state index in [9.17, 15) is 10.1 Å². The molecule has 8 heteroatoms. The Morgan fingerprint density at radius 3 is 3.06 bits per heavy atom. The zero-order valence-electron chi connectivity index (χ0n) is 10.3. The van der Waals surface area contributed by atoms with Crippen LogP contribution in [-0.2, 0) is 5.75 Å². The molecule has 2 N–H and O–H groups in total. The molecule has 0 spiro atoms. The van der Waals surface area contributed by atoms with Crippen LogP contribution in [0.15, 0.2) is 17.6 Å². The molecule has 1 heterocycles. The van der Waals surface area contributed by atoms with Gasteiger partial charge in [-0.05, 0) is 13.2 Å². The van der Waals surface area contributed by atoms with E-state index in [1.807, 2.05) is 13.2 Å². The summed E-state index contributed by atoms with van der Waals surface area (Å²) in [4.78, 5) is 17.1. The molecule has 0 saturated heterocycles. The van der Waals surface area contributed by atoms with E-state index in [-0.39, 0.29) is 0 Å². The van der Waals surface area contributed by atoms with E-state index in [2.05, 4.69) is 15.3 Å². The molecule has 1 aromatic heterocycles. The number of hydrogen-bond donors (Lipinski definition) is 2. The Labute approximate surface area is 114 Å². The van der Waals surface area contributed by atoms with Crippen molar-refractivity contribution in [2.75, 3.05) is 18.6 Å². The van der Waals surface area contributed by atoms with Crippen molar-refractivity contribution in [3.63, 3.8) is 0 Å². The normalized spacial score (nSPS) is 11.6. The Kier molecular flexibility index (Phi) is 6.66. The molecule has 0 aromatic carbocycles. The number of H-pyrrole nitrogens is 1. The minimum Gasteiger partial charge on any atom is -0.374 e. The van der Waals surface area contributed by atoms with Crippen molar-refractivity contribution in [2.45, 2.75) is 12.7 Å². The van der Waals surface area contributed by atoms with Crippen molar-refractivity contribution in [1.82, 2.24) is 15.3 Å². The molecule has 0 bridgehead atoms. The van der Waals surface area contributed by atoms with Crippen molar-refractivity contribution in [3.8, 4) is 0 Å². The summed E-state index contributed by atoms with van der Waals surface area (Å²) in [6, 6.07) is 0. The van der Waals surface area contributed by atoms with Crippen molar-refractivity contribution < 1.29 is 4.92 Å². The first-order valence-corrected chi connectivity index (χ1v) is 7.71. The second-order valence-corrected chi connectivity index (χ2v) is 5.39. The third-order valence-corrected chi connectivity index (χ3v) is 3.82. The fraction of sp³-hybridized carbons (Fsp3) is 0.500. The molecule has 1 aromatic rings. The summed E-state index contributed by atoms with van der Waals surface area (Å²) >= 11 is 3.08. The molecule has 0 unspecified atom stereocenters. The summed E-state index contributed by atoms with van der Waals surface area (Å²) in [5.74, 6) is 1.73. The van der Waals surface area contributed by atoms with Crippen LogP contribution in [-0.4, -0.2) is 33.4 Å². The molecule has 0 aliphatic carbocycles. The Hall–Kier alpha value is -1.15. The third kappa shape index (κ3) is 5.46. The second-order valence-electron chi connectivity index (χ2n) is 3.44. The number of aryl methyl sites for hydroxylation is 1. The number of aromatic nitrogens is 2. The van der Waals surface area contributed by atoms with Crippen LogP contribution in [0.4, 0.5) is 0 Å². The Balaban J connectivity index is 2.19. The zero-order chi connectivity index (χ0) is 13.4. The lowest BCUT2D eigenvalue weighted by Crippen LogP contribution is -2.15. The molecule has 1 rings (SSSR count). The molecule has 0 aliphatic rings. The zero-order valence-corrected chi connectivity index (χ0v) is 11.9. The first-order valence-electron chi connectivity index (χ1n) is 5.33. The first kappa shape index (κ1) is 14.9. The van der Waals surface area contributed by atoms with Gasteiger partial charge in [-0.15, -0.1) is 11.8 Å². The molecule has 18 heavy (non-hydrogen) atoms. The number of imidazole rings is 1. The predicted octanol–water partition coefficient (Wildman–Crippen LogP) is 1.98. The van der Waals surface area contributed by atoms with Gasteiger partial charge in [-0.3, -0.25) is 10.1 Å². The minimum atomic E-state index is -0.445. The molecule has 0 fully saturated rings. The molecule has 0 amide bonds. The van der Waals surface area contributed by atoms with Crippen LogP contribution in [0.3, 0.4) is 0 Å². The number of nitrogens with zero attached hydrogens (tertiary/aromatic N) is 2. The van der Waals surface area contributed by atoms with Crippen LogP contribution in [0.1, 0.15) is 11.4 Å². The highest BCUT2D eigenvalue weighted by molar-refractivity contribution is 8.02.